The highest BCUT2D eigenvalue weighted by atomic mass is 35.5. The van der Waals surface area contributed by atoms with Crippen LogP contribution in [0, 0.1) is 0 Å². The quantitative estimate of drug-likeness (QED) is 0.793. The monoisotopic (exact) mass is 254 g/mol. The van der Waals surface area contributed by atoms with Gasteiger partial charge in [0.2, 0.25) is 0 Å². The minimum absolute atomic E-state index is 0.0955. The van der Waals surface area contributed by atoms with Gasteiger partial charge in [0.15, 0.2) is 11.9 Å². The van der Waals surface area contributed by atoms with Gasteiger partial charge in [-0.2, -0.15) is 0 Å². The second kappa shape index (κ2) is 5.27. The lowest BCUT2D eigenvalue weighted by Gasteiger charge is -2.18. The fourth-order valence-electron chi connectivity index (χ4n) is 1.82. The van der Waals surface area contributed by atoms with Crippen LogP contribution in [0.2, 0.25) is 5.02 Å². The van der Waals surface area contributed by atoms with Crippen molar-refractivity contribution in [1.82, 2.24) is 5.32 Å². The maximum absolute atomic E-state index is 11.7. The lowest BCUT2D eigenvalue weighted by Crippen LogP contribution is -2.36. The number of nitrogens with one attached hydrogen (secondary N) is 1. The highest BCUT2D eigenvalue weighted by Gasteiger charge is 2.23. The largest absolute Gasteiger partial charge is 0.477 e. The van der Waals surface area contributed by atoms with E-state index in [4.69, 9.17) is 22.1 Å². The van der Waals surface area contributed by atoms with E-state index in [1.165, 1.54) is 0 Å². The molecule has 1 fully saturated rings. The molecule has 1 amide bonds. The van der Waals surface area contributed by atoms with Crippen LogP contribution in [-0.2, 0) is 4.79 Å². The van der Waals surface area contributed by atoms with Crippen LogP contribution in [0.5, 0.6) is 5.75 Å². The number of para-hydroxylation sites is 1. The first-order chi connectivity index (χ1) is 8.18. The summed E-state index contributed by atoms with van der Waals surface area (Å²) in [5, 5.41) is 3.24. The molecule has 0 saturated carbocycles. The Morgan fingerprint density at radius 1 is 1.41 bits per heavy atom. The normalized spacial score (nSPS) is 20.5. The van der Waals surface area contributed by atoms with Crippen LogP contribution >= 0.6 is 11.6 Å². The van der Waals surface area contributed by atoms with E-state index in [0.717, 1.165) is 12.8 Å². The zero-order valence-electron chi connectivity index (χ0n) is 9.41. The number of rotatable bonds is 2. The number of ether oxygens (including phenoxy) is 1. The third-order valence-electron chi connectivity index (χ3n) is 2.74. The van der Waals surface area contributed by atoms with Crippen LogP contribution in [0.3, 0.4) is 0 Å². The van der Waals surface area contributed by atoms with Gasteiger partial charge in [0.25, 0.3) is 5.91 Å². The van der Waals surface area contributed by atoms with E-state index in [-0.39, 0.29) is 5.91 Å². The maximum atomic E-state index is 11.7. The Bertz CT molecular complexity index is 403. The highest BCUT2D eigenvalue weighted by Crippen LogP contribution is 2.32. The number of halogens is 1. The second-order valence-electron chi connectivity index (χ2n) is 4.05. The molecular weight excluding hydrogens is 240 g/mol. The van der Waals surface area contributed by atoms with Gasteiger partial charge in [0.05, 0.1) is 10.7 Å². The van der Waals surface area contributed by atoms with Crippen molar-refractivity contribution in [1.29, 1.82) is 0 Å². The number of hydrogen-bond donors (Lipinski definition) is 2. The van der Waals surface area contributed by atoms with Crippen molar-refractivity contribution < 1.29 is 9.53 Å². The summed E-state index contributed by atoms with van der Waals surface area (Å²) in [6.07, 6.45) is 2.12. The number of anilines is 1. The molecule has 1 aromatic carbocycles. The van der Waals surface area contributed by atoms with Crippen molar-refractivity contribution in [2.24, 2.45) is 0 Å². The van der Waals surface area contributed by atoms with E-state index in [0.29, 0.717) is 29.4 Å². The van der Waals surface area contributed by atoms with Gasteiger partial charge >= 0.3 is 0 Å². The minimum atomic E-state index is -0.500. The molecule has 0 bridgehead atoms. The van der Waals surface area contributed by atoms with Crippen molar-refractivity contribution in [3.05, 3.63) is 23.2 Å². The Morgan fingerprint density at radius 2 is 2.24 bits per heavy atom. The predicted octanol–water partition coefficient (Wildman–Crippen LogP) is 1.97. The average molecular weight is 255 g/mol. The van der Waals surface area contributed by atoms with Gasteiger partial charge in [0.1, 0.15) is 0 Å². The Balaban J connectivity index is 2.16. The number of amides is 1. The zero-order valence-corrected chi connectivity index (χ0v) is 10.2. The van der Waals surface area contributed by atoms with Crippen LogP contribution in [0.4, 0.5) is 5.69 Å². The van der Waals surface area contributed by atoms with Crippen molar-refractivity contribution in [2.75, 3.05) is 12.3 Å². The summed E-state index contributed by atoms with van der Waals surface area (Å²) >= 11 is 6.00. The van der Waals surface area contributed by atoms with E-state index in [9.17, 15) is 4.79 Å². The van der Waals surface area contributed by atoms with Gasteiger partial charge in [-0.25, -0.2) is 0 Å². The number of carbonyl (C=O) groups is 1. The lowest BCUT2D eigenvalue weighted by molar-refractivity contribution is -0.127. The fourth-order valence-corrected chi connectivity index (χ4v) is 2.04. The summed E-state index contributed by atoms with van der Waals surface area (Å²) in [5.41, 5.74) is 6.24. The Labute approximate surface area is 105 Å². The fraction of sp³-hybridized carbons (Fsp3) is 0.417. The molecule has 1 aromatic rings. The first kappa shape index (κ1) is 12.0. The molecule has 1 atom stereocenters. The van der Waals surface area contributed by atoms with Crippen molar-refractivity contribution in [2.45, 2.75) is 25.4 Å². The average Bonchev–Trinajstić information content (AvgIpc) is 2.49. The molecule has 0 aliphatic carbocycles. The Hall–Kier alpha value is -1.42. The molecule has 1 saturated heterocycles. The van der Waals surface area contributed by atoms with E-state index in [2.05, 4.69) is 5.32 Å². The Kier molecular flexibility index (Phi) is 3.74. The molecule has 92 valence electrons. The lowest BCUT2D eigenvalue weighted by atomic mass is 10.2. The van der Waals surface area contributed by atoms with Gasteiger partial charge in [-0.1, -0.05) is 17.7 Å². The number of nitrogens with two attached hydrogens (primary N) is 1. The molecule has 17 heavy (non-hydrogen) atoms. The van der Waals surface area contributed by atoms with E-state index >= 15 is 0 Å². The summed E-state index contributed by atoms with van der Waals surface area (Å²) in [4.78, 5) is 11.7. The summed E-state index contributed by atoms with van der Waals surface area (Å²) in [5.74, 6) is 0.304. The zero-order chi connectivity index (χ0) is 12.3. The first-order valence-corrected chi connectivity index (χ1v) is 6.04. The smallest absolute Gasteiger partial charge is 0.261 e. The van der Waals surface area contributed by atoms with Crippen molar-refractivity contribution in [3.8, 4) is 5.75 Å². The topological polar surface area (TPSA) is 64.3 Å². The number of nitrogen functional groups attached to an aromatic ring is 1. The van der Waals surface area contributed by atoms with E-state index in [1.54, 1.807) is 18.2 Å². The van der Waals surface area contributed by atoms with Crippen LogP contribution in [-0.4, -0.2) is 18.6 Å². The van der Waals surface area contributed by atoms with Crippen molar-refractivity contribution in [3.63, 3.8) is 0 Å². The third kappa shape index (κ3) is 2.82. The molecule has 1 aliphatic heterocycles. The van der Waals surface area contributed by atoms with Crippen LogP contribution in [0.15, 0.2) is 18.2 Å². The number of benzene rings is 1. The van der Waals surface area contributed by atoms with Gasteiger partial charge in [-0.05, 0) is 31.4 Å². The summed E-state index contributed by atoms with van der Waals surface area (Å²) in [6, 6.07) is 5.15. The standard InChI is InChI=1S/C12H15ClN2O2/c13-8-4-3-5-9(14)11(8)17-10-6-1-2-7-15-12(10)16/h3-5,10H,1-2,6-7,14H2,(H,15,16). The summed E-state index contributed by atoms with van der Waals surface area (Å²) in [7, 11) is 0. The molecule has 0 spiro atoms. The summed E-state index contributed by atoms with van der Waals surface area (Å²) in [6.45, 7) is 0.705. The molecule has 3 N–H and O–H groups in total. The predicted molar refractivity (Wildman–Crippen MR) is 67.1 cm³/mol. The molecule has 1 heterocycles. The Morgan fingerprint density at radius 3 is 3.00 bits per heavy atom. The molecule has 0 aromatic heterocycles. The molecule has 1 unspecified atom stereocenters. The maximum Gasteiger partial charge on any atom is 0.261 e. The van der Waals surface area contributed by atoms with Gasteiger partial charge in [-0.15, -0.1) is 0 Å². The SMILES string of the molecule is Nc1cccc(Cl)c1OC1CCCCNC1=O. The number of carbonyl (C=O) groups excluding carboxylic acids is 1. The number of hydrogen-bond acceptors (Lipinski definition) is 3. The van der Waals surface area contributed by atoms with Crippen LogP contribution in [0.25, 0.3) is 0 Å². The first-order valence-electron chi connectivity index (χ1n) is 5.67. The van der Waals surface area contributed by atoms with Gasteiger partial charge in [0, 0.05) is 6.54 Å². The van der Waals surface area contributed by atoms with E-state index in [1.807, 2.05) is 0 Å². The van der Waals surface area contributed by atoms with E-state index < -0.39 is 6.10 Å². The van der Waals surface area contributed by atoms with Crippen LogP contribution < -0.4 is 15.8 Å². The second-order valence-corrected chi connectivity index (χ2v) is 4.46. The molecule has 1 aliphatic rings. The van der Waals surface area contributed by atoms with Gasteiger partial charge < -0.3 is 15.8 Å². The minimum Gasteiger partial charge on any atom is -0.477 e. The third-order valence-corrected chi connectivity index (χ3v) is 3.04. The molecule has 0 radical (unpaired) electrons. The van der Waals surface area contributed by atoms with Crippen molar-refractivity contribution >= 4 is 23.2 Å². The van der Waals surface area contributed by atoms with Crippen LogP contribution in [0.1, 0.15) is 19.3 Å². The van der Waals surface area contributed by atoms with Gasteiger partial charge in [-0.3, -0.25) is 4.79 Å². The molecular formula is C12H15ClN2O2. The molecule has 4 nitrogen and oxygen atoms in total. The summed E-state index contributed by atoms with van der Waals surface area (Å²) < 4.78 is 5.64. The molecule has 2 rings (SSSR count). The molecule has 5 heteroatoms. The highest BCUT2D eigenvalue weighted by molar-refractivity contribution is 6.32.